The minimum Gasteiger partial charge on any atom is -0.392 e. The minimum absolute atomic E-state index is 0.156. The third kappa shape index (κ3) is 4.10. The maximum absolute atomic E-state index is 13.1. The predicted octanol–water partition coefficient (Wildman–Crippen LogP) is 1.86. The number of aliphatic hydroxyl groups is 1. The molecule has 28 heavy (non-hydrogen) atoms. The summed E-state index contributed by atoms with van der Waals surface area (Å²) >= 11 is 0. The number of carbonyl (C=O) groups is 2. The number of ether oxygens (including phenoxy) is 1. The first-order chi connectivity index (χ1) is 13.5. The molecule has 2 unspecified atom stereocenters. The van der Waals surface area contributed by atoms with E-state index in [2.05, 4.69) is 4.98 Å². The van der Waals surface area contributed by atoms with Crippen molar-refractivity contribution >= 4 is 11.6 Å². The highest BCUT2D eigenvalue weighted by Crippen LogP contribution is 2.24. The van der Waals surface area contributed by atoms with Gasteiger partial charge in [-0.1, -0.05) is 30.3 Å². The van der Waals surface area contributed by atoms with E-state index in [1.165, 1.54) is 10.8 Å². The molecule has 0 saturated heterocycles. The fraction of sp³-hybridized carbons (Fsp3) is 0.429. The molecule has 2 atom stereocenters. The van der Waals surface area contributed by atoms with Crippen molar-refractivity contribution in [2.75, 3.05) is 13.7 Å². The number of ketones is 2. The Morgan fingerprint density at radius 1 is 1.29 bits per heavy atom. The van der Waals surface area contributed by atoms with E-state index in [0.29, 0.717) is 38.2 Å². The van der Waals surface area contributed by atoms with Gasteiger partial charge in [0.2, 0.25) is 0 Å². The monoisotopic (exact) mass is 384 g/mol. The van der Waals surface area contributed by atoms with Crippen LogP contribution >= 0.6 is 0 Å². The summed E-state index contributed by atoms with van der Waals surface area (Å²) in [6, 6.07) is 9.23. The van der Waals surface area contributed by atoms with E-state index in [0.717, 1.165) is 5.56 Å². The summed E-state index contributed by atoms with van der Waals surface area (Å²) in [6.45, 7) is 0.783. The molecule has 1 fully saturated rings. The molecular formula is C21H24N2O5. The number of benzene rings is 1. The van der Waals surface area contributed by atoms with Crippen LogP contribution in [0.15, 0.2) is 41.3 Å². The fourth-order valence-electron chi connectivity index (χ4n) is 3.56. The summed E-state index contributed by atoms with van der Waals surface area (Å²) in [7, 11) is 1.58. The molecule has 1 aliphatic rings. The molecule has 0 aliphatic heterocycles. The Kier molecular flexibility index (Phi) is 6.49. The SMILES string of the molecule is COCCCn1c(-c2ccccc2)ncc(C(=O)C2C(=O)CCCC2O)c1=O. The molecule has 1 heterocycles. The maximum atomic E-state index is 13.1. The van der Waals surface area contributed by atoms with Crippen molar-refractivity contribution in [2.45, 2.75) is 38.3 Å². The lowest BCUT2D eigenvalue weighted by Crippen LogP contribution is -2.41. The van der Waals surface area contributed by atoms with Crippen LogP contribution < -0.4 is 5.56 Å². The number of aromatic nitrogens is 2. The summed E-state index contributed by atoms with van der Waals surface area (Å²) in [5, 5.41) is 10.1. The van der Waals surface area contributed by atoms with E-state index < -0.39 is 23.4 Å². The van der Waals surface area contributed by atoms with Crippen LogP contribution in [-0.4, -0.2) is 46.0 Å². The summed E-state index contributed by atoms with van der Waals surface area (Å²) in [5.41, 5.74) is 0.0988. The number of carbonyl (C=O) groups excluding carboxylic acids is 2. The molecule has 7 heteroatoms. The maximum Gasteiger partial charge on any atom is 0.264 e. The number of aliphatic hydroxyl groups excluding tert-OH is 1. The van der Waals surface area contributed by atoms with Crippen LogP contribution in [0.3, 0.4) is 0 Å². The average Bonchev–Trinajstić information content (AvgIpc) is 2.69. The zero-order valence-electron chi connectivity index (χ0n) is 15.8. The Morgan fingerprint density at radius 2 is 2.04 bits per heavy atom. The molecule has 7 nitrogen and oxygen atoms in total. The molecule has 0 amide bonds. The van der Waals surface area contributed by atoms with Crippen molar-refractivity contribution < 1.29 is 19.4 Å². The second kappa shape index (κ2) is 9.03. The molecule has 148 valence electrons. The van der Waals surface area contributed by atoms with Crippen LogP contribution in [0.25, 0.3) is 11.4 Å². The van der Waals surface area contributed by atoms with Gasteiger partial charge in [0.05, 0.1) is 6.10 Å². The van der Waals surface area contributed by atoms with E-state index in [9.17, 15) is 19.5 Å². The zero-order chi connectivity index (χ0) is 20.1. The third-order valence-corrected chi connectivity index (χ3v) is 5.01. The summed E-state index contributed by atoms with van der Waals surface area (Å²) in [4.78, 5) is 42.6. The smallest absolute Gasteiger partial charge is 0.264 e. The van der Waals surface area contributed by atoms with E-state index >= 15 is 0 Å². The van der Waals surface area contributed by atoms with Gasteiger partial charge in [0.15, 0.2) is 5.78 Å². The van der Waals surface area contributed by atoms with Crippen LogP contribution in [0.5, 0.6) is 0 Å². The number of rotatable bonds is 7. The van der Waals surface area contributed by atoms with Crippen molar-refractivity contribution in [3.05, 3.63) is 52.4 Å². The second-order valence-electron chi connectivity index (χ2n) is 6.93. The zero-order valence-corrected chi connectivity index (χ0v) is 15.8. The quantitative estimate of drug-likeness (QED) is 0.444. The van der Waals surface area contributed by atoms with E-state index in [1.807, 2.05) is 30.3 Å². The number of hydrogen-bond donors (Lipinski definition) is 1. The summed E-state index contributed by atoms with van der Waals surface area (Å²) in [6.07, 6.45) is 1.92. The van der Waals surface area contributed by atoms with Gasteiger partial charge in [-0.05, 0) is 19.3 Å². The highest BCUT2D eigenvalue weighted by molar-refractivity contribution is 6.11. The Morgan fingerprint density at radius 3 is 2.71 bits per heavy atom. The van der Waals surface area contributed by atoms with Crippen LogP contribution in [0.1, 0.15) is 36.0 Å². The Hall–Kier alpha value is -2.64. The molecule has 1 aliphatic carbocycles. The van der Waals surface area contributed by atoms with Gasteiger partial charge in [-0.25, -0.2) is 4.98 Å². The van der Waals surface area contributed by atoms with Crippen LogP contribution in [0.2, 0.25) is 0 Å². The summed E-state index contributed by atoms with van der Waals surface area (Å²) in [5.74, 6) is -1.69. The van der Waals surface area contributed by atoms with E-state index in [-0.39, 0.29) is 17.8 Å². The second-order valence-corrected chi connectivity index (χ2v) is 6.93. The minimum atomic E-state index is -1.18. The van der Waals surface area contributed by atoms with Crippen molar-refractivity contribution in [1.29, 1.82) is 0 Å². The first kappa shape index (κ1) is 20.1. The Bertz CT molecular complexity index is 907. The van der Waals surface area contributed by atoms with Gasteiger partial charge in [0.25, 0.3) is 5.56 Å². The fourth-order valence-corrected chi connectivity index (χ4v) is 3.56. The number of nitrogens with zero attached hydrogens (tertiary/aromatic N) is 2. The van der Waals surface area contributed by atoms with E-state index in [1.54, 1.807) is 7.11 Å². The first-order valence-electron chi connectivity index (χ1n) is 9.43. The van der Waals surface area contributed by atoms with Gasteiger partial charge in [-0.15, -0.1) is 0 Å². The lowest BCUT2D eigenvalue weighted by atomic mass is 9.81. The Balaban J connectivity index is 2.03. The first-order valence-corrected chi connectivity index (χ1v) is 9.43. The van der Waals surface area contributed by atoms with Gasteiger partial charge in [-0.2, -0.15) is 0 Å². The van der Waals surface area contributed by atoms with Crippen LogP contribution in [-0.2, 0) is 16.1 Å². The number of Topliss-reactive ketones (excluding diaryl/α,β-unsaturated/α-hetero) is 2. The van der Waals surface area contributed by atoms with Crippen molar-refractivity contribution in [3.63, 3.8) is 0 Å². The lowest BCUT2D eigenvalue weighted by Gasteiger charge is -2.25. The van der Waals surface area contributed by atoms with Gasteiger partial charge >= 0.3 is 0 Å². The molecule has 1 aromatic carbocycles. The topological polar surface area (TPSA) is 98.5 Å². The van der Waals surface area contributed by atoms with Gasteiger partial charge < -0.3 is 9.84 Å². The van der Waals surface area contributed by atoms with Crippen LogP contribution in [0.4, 0.5) is 0 Å². The molecule has 1 N–H and O–H groups in total. The normalized spacial score (nSPS) is 19.6. The average molecular weight is 384 g/mol. The molecule has 0 radical (unpaired) electrons. The predicted molar refractivity (Wildman–Crippen MR) is 103 cm³/mol. The van der Waals surface area contributed by atoms with Crippen LogP contribution in [0, 0.1) is 5.92 Å². The van der Waals surface area contributed by atoms with Crippen molar-refractivity contribution in [1.82, 2.24) is 9.55 Å². The molecule has 0 bridgehead atoms. The molecule has 0 spiro atoms. The van der Waals surface area contributed by atoms with Crippen molar-refractivity contribution in [3.8, 4) is 11.4 Å². The molecule has 1 aromatic heterocycles. The highest BCUT2D eigenvalue weighted by atomic mass is 16.5. The van der Waals surface area contributed by atoms with E-state index in [4.69, 9.17) is 4.74 Å². The van der Waals surface area contributed by atoms with Gasteiger partial charge in [0, 0.05) is 38.4 Å². The summed E-state index contributed by atoms with van der Waals surface area (Å²) < 4.78 is 6.52. The molecule has 3 rings (SSSR count). The molecular weight excluding hydrogens is 360 g/mol. The van der Waals surface area contributed by atoms with Gasteiger partial charge in [-0.3, -0.25) is 19.0 Å². The highest BCUT2D eigenvalue weighted by Gasteiger charge is 2.38. The number of methoxy groups -OCH3 is 1. The third-order valence-electron chi connectivity index (χ3n) is 5.01. The standard InChI is InChI=1S/C21H24N2O5/c1-28-12-6-11-23-20(14-7-3-2-4-8-14)22-13-15(21(23)27)19(26)18-16(24)9-5-10-17(18)25/h2-4,7-8,13,16,18,24H,5-6,9-12H2,1H3. The number of hydrogen-bond acceptors (Lipinski definition) is 6. The van der Waals surface area contributed by atoms with Crippen molar-refractivity contribution in [2.24, 2.45) is 5.92 Å². The largest absolute Gasteiger partial charge is 0.392 e. The Labute approximate surface area is 163 Å². The van der Waals surface area contributed by atoms with Gasteiger partial charge in [0.1, 0.15) is 23.1 Å². The lowest BCUT2D eigenvalue weighted by molar-refractivity contribution is -0.126. The molecule has 1 saturated carbocycles. The molecule has 2 aromatic rings.